The van der Waals surface area contributed by atoms with Gasteiger partial charge in [-0.3, -0.25) is 47.3 Å². The second-order valence-electron chi connectivity index (χ2n) is 40.9. The number of carbonyl (C=O) groups is 9. The van der Waals surface area contributed by atoms with E-state index in [0.29, 0.717) is 133 Å². The first-order chi connectivity index (χ1) is 53.6. The number of esters is 9. The summed E-state index contributed by atoms with van der Waals surface area (Å²) in [6.45, 7) is 26.3. The molecule has 17 saturated carbocycles. The third-order valence-corrected chi connectivity index (χ3v) is 39.0. The van der Waals surface area contributed by atoms with Gasteiger partial charge in [0.15, 0.2) is 0 Å². The molecule has 23 nitrogen and oxygen atoms in total. The molecule has 0 radical (unpaired) electrons. The molecule has 0 N–H and O–H groups in total. The molecule has 25 rings (SSSR count). The van der Waals surface area contributed by atoms with Crippen molar-refractivity contribution in [2.24, 2.45) is 225 Å². The molecule has 25 aliphatic rings. The molecule has 25 fully saturated rings. The van der Waals surface area contributed by atoms with Gasteiger partial charge in [-0.25, -0.2) is 0 Å². The number of carbonyl (C=O) groups excluding carboxylic acids is 9. The molecule has 0 spiro atoms. The van der Waals surface area contributed by atoms with E-state index in [-0.39, 0.29) is 155 Å². The molecule has 16 bridgehead atoms. The normalized spacial score (nSPS) is 54.2. The SMILES string of the molecule is CC1C(C)C2CC1C1COC(=O)C21.CC1C2CC3C1OC(=O)C3C2C(=O)OC1C2CC3C1OS(=O)(=O)C3C2.CC1CC2CC1C1C(=O)OCC21.CC1CC2CC1C1COC(=O)C21.CCC1(OC(=O)C2C3CC4C(OC(=O)C42)C3C)CCCC1.CCOC1C(C)C2CC1C1C(=O)OCC21.COC1C(C)C2CC1C1C(=O)OCC21. The van der Waals surface area contributed by atoms with Crippen LogP contribution in [0.1, 0.15) is 172 Å². The maximum Gasteiger partial charge on any atom is 0.310 e. The van der Waals surface area contributed by atoms with Gasteiger partial charge in [-0.1, -0.05) is 62.3 Å². The summed E-state index contributed by atoms with van der Waals surface area (Å²) in [6.07, 6.45) is 16.6. The van der Waals surface area contributed by atoms with Gasteiger partial charge in [0, 0.05) is 67.0 Å². The second kappa shape index (κ2) is 28.4. The van der Waals surface area contributed by atoms with E-state index in [9.17, 15) is 51.6 Å². The van der Waals surface area contributed by atoms with E-state index in [1.807, 2.05) is 13.8 Å². The Hall–Kier alpha value is -4.94. The Morgan fingerprint density at radius 2 is 0.821 bits per heavy atom. The topological polar surface area (TPSA) is 299 Å². The van der Waals surface area contributed by atoms with Gasteiger partial charge in [0.05, 0.1) is 104 Å². The lowest BCUT2D eigenvalue weighted by Gasteiger charge is -2.33. The first-order valence-electron chi connectivity index (χ1n) is 44.4. The van der Waals surface area contributed by atoms with Crippen molar-refractivity contribution < 1.29 is 108 Å². The van der Waals surface area contributed by atoms with Crippen molar-refractivity contribution in [3.05, 3.63) is 0 Å². The van der Waals surface area contributed by atoms with Crippen LogP contribution in [0.25, 0.3) is 0 Å². The Kier molecular flexibility index (Phi) is 19.5. The quantitative estimate of drug-likeness (QED) is 0.124. The summed E-state index contributed by atoms with van der Waals surface area (Å²) < 4.78 is 89.1. The average molecular weight is 1580 g/mol. The number of cyclic esters (lactones) is 5. The van der Waals surface area contributed by atoms with E-state index in [1.54, 1.807) is 7.11 Å². The van der Waals surface area contributed by atoms with Crippen LogP contribution in [-0.4, -0.2) is 156 Å². The van der Waals surface area contributed by atoms with Crippen LogP contribution in [0.3, 0.4) is 0 Å². The van der Waals surface area contributed by atoms with Gasteiger partial charge in [0.2, 0.25) is 0 Å². The van der Waals surface area contributed by atoms with E-state index in [0.717, 1.165) is 113 Å². The monoisotopic (exact) mass is 1580 g/mol. The van der Waals surface area contributed by atoms with Gasteiger partial charge in [-0.15, -0.1) is 0 Å². The van der Waals surface area contributed by atoms with E-state index < -0.39 is 33.5 Å². The van der Waals surface area contributed by atoms with Gasteiger partial charge in [0.1, 0.15) is 30.0 Å². The Balaban J connectivity index is 0.0000000896. The third-order valence-electron chi connectivity index (χ3n) is 37.2. The van der Waals surface area contributed by atoms with Crippen LogP contribution in [-0.2, 0) is 110 Å². The predicted molar refractivity (Wildman–Crippen MR) is 395 cm³/mol. The lowest BCUT2D eigenvalue weighted by atomic mass is 9.71. The van der Waals surface area contributed by atoms with Crippen LogP contribution in [0.4, 0.5) is 0 Å². The minimum absolute atomic E-state index is 0.0245. The Labute approximate surface area is 659 Å². The maximum absolute atomic E-state index is 12.9. The summed E-state index contributed by atoms with van der Waals surface area (Å²) in [7, 11) is -1.76. The van der Waals surface area contributed by atoms with Crippen LogP contribution < -0.4 is 0 Å². The Bertz CT molecular complexity index is 3890. The summed E-state index contributed by atoms with van der Waals surface area (Å²) in [5.41, 5.74) is -0.260. The fourth-order valence-corrected chi connectivity index (χ4v) is 33.9. The van der Waals surface area contributed by atoms with Gasteiger partial charge >= 0.3 is 53.7 Å². The van der Waals surface area contributed by atoms with Crippen molar-refractivity contribution in [1.29, 1.82) is 0 Å². The zero-order chi connectivity index (χ0) is 78.2. The summed E-state index contributed by atoms with van der Waals surface area (Å²) in [6, 6.07) is 0. The number of fused-ring (bicyclic) bond motifs is 28. The Morgan fingerprint density at radius 3 is 1.38 bits per heavy atom. The molecule has 45 unspecified atom stereocenters. The zero-order valence-corrected chi connectivity index (χ0v) is 68.2. The smallest absolute Gasteiger partial charge is 0.310 e. The van der Waals surface area contributed by atoms with E-state index >= 15 is 0 Å². The molecule has 24 heteroatoms. The number of ether oxygens (including phenoxy) is 11. The lowest BCUT2D eigenvalue weighted by Crippen LogP contribution is -2.42. The molecule has 618 valence electrons. The number of hydrogen-bond donors (Lipinski definition) is 0. The van der Waals surface area contributed by atoms with Crippen molar-refractivity contribution >= 4 is 63.8 Å². The molecule has 0 aromatic heterocycles. The molecule has 8 saturated heterocycles. The molecule has 0 aromatic carbocycles. The van der Waals surface area contributed by atoms with Crippen LogP contribution in [0, 0.1) is 225 Å². The number of methoxy groups -OCH3 is 1. The van der Waals surface area contributed by atoms with Crippen molar-refractivity contribution in [1.82, 2.24) is 0 Å². The summed E-state index contributed by atoms with van der Waals surface area (Å²) >= 11 is 0. The zero-order valence-electron chi connectivity index (χ0n) is 67.3. The standard InChI is InChI=1S/C17H20O7S.C17H24O4.C12H18O3.C11H16O3.C11H16O2.2C10H14O2/c1-5-7-4-9-12(17(19)22-13(5)9)11(7)16(18)23-14-6-2-8-10(3-6)25(20,21)24-15(8)14;1-3-17(6-4-5-7-17)21-16(19)12-10-8-11-13(12)15(18)20-14(11)9(10)2;1-3-14-11-6(2)7-4-8(11)10-9(7)5-15-12(10)13;1-5-6-3-7(10(5)13-2)9-8(6)4-14-11(9)12;1-5-6(2)8-3-7(5)9-4-13-11(12)10(8)9;1-5-2-6-3-7(5)8-4-12-10(11)9(6)8;1-5-2-6-3-7(5)9-8(6)4-12-10(9)11/h5-15H,2-4H2,1H3;9-14H,3-8H2,1-2H3;6-11H,3-5H2,1-2H3;5-10H,3-4H2,1-2H3;5-10H,3-4H2,1-2H3;2*5-9H,2-4H2,1H3. The summed E-state index contributed by atoms with van der Waals surface area (Å²) in [5, 5.41) is -0.425. The average Bonchev–Trinajstić information content (AvgIpc) is 1.55. The van der Waals surface area contributed by atoms with Gasteiger partial charge in [0.25, 0.3) is 10.1 Å². The molecular weight excluding hydrogens is 1460 g/mol. The summed E-state index contributed by atoms with van der Waals surface area (Å²) in [4.78, 5) is 107. The fourth-order valence-electron chi connectivity index (χ4n) is 32.0. The number of rotatable bonds is 8. The molecule has 112 heavy (non-hydrogen) atoms. The Morgan fingerprint density at radius 1 is 0.384 bits per heavy atom. The van der Waals surface area contributed by atoms with Crippen molar-refractivity contribution in [3.8, 4) is 0 Å². The minimum Gasteiger partial charge on any atom is -0.465 e. The highest BCUT2D eigenvalue weighted by molar-refractivity contribution is 7.87. The first-order valence-corrected chi connectivity index (χ1v) is 45.9. The van der Waals surface area contributed by atoms with Crippen molar-refractivity contribution in [2.75, 3.05) is 46.8 Å². The van der Waals surface area contributed by atoms with E-state index in [4.69, 9.17) is 56.3 Å². The van der Waals surface area contributed by atoms with Crippen LogP contribution >= 0.6 is 0 Å². The third kappa shape index (κ3) is 11.6. The maximum atomic E-state index is 12.9. The predicted octanol–water partition coefficient (Wildman–Crippen LogP) is 10.3. The molecule has 45 atom stereocenters. The second-order valence-corrected chi connectivity index (χ2v) is 42.7. The highest BCUT2D eigenvalue weighted by Crippen LogP contribution is 2.67. The molecule has 17 aliphatic carbocycles. The van der Waals surface area contributed by atoms with Gasteiger partial charge in [-0.2, -0.15) is 8.42 Å². The number of hydrogen-bond acceptors (Lipinski definition) is 23. The van der Waals surface area contributed by atoms with Gasteiger partial charge < -0.3 is 52.1 Å². The molecular formula is C88H122O23S. The summed E-state index contributed by atoms with van der Waals surface area (Å²) in [5.74, 6) is 14.2. The highest BCUT2D eigenvalue weighted by atomic mass is 32.2. The van der Waals surface area contributed by atoms with E-state index in [2.05, 4.69) is 55.4 Å². The fraction of sp³-hybridized carbons (Fsp3) is 0.898. The molecule has 8 heterocycles. The van der Waals surface area contributed by atoms with E-state index in [1.165, 1.54) is 44.9 Å². The first kappa shape index (κ1) is 77.0. The highest BCUT2D eigenvalue weighted by Gasteiger charge is 2.72. The minimum atomic E-state index is -3.52. The van der Waals surface area contributed by atoms with Crippen LogP contribution in [0.15, 0.2) is 0 Å². The largest absolute Gasteiger partial charge is 0.465 e. The lowest BCUT2D eigenvalue weighted by molar-refractivity contribution is -0.170. The van der Waals surface area contributed by atoms with Crippen molar-refractivity contribution in [3.63, 3.8) is 0 Å². The molecule has 0 amide bonds. The molecule has 8 aliphatic heterocycles. The van der Waals surface area contributed by atoms with Crippen LogP contribution in [0.5, 0.6) is 0 Å². The molecule has 0 aromatic rings. The van der Waals surface area contributed by atoms with Crippen molar-refractivity contribution in [2.45, 2.75) is 219 Å². The van der Waals surface area contributed by atoms with Gasteiger partial charge in [-0.05, 0) is 228 Å². The van der Waals surface area contributed by atoms with Crippen LogP contribution in [0.2, 0.25) is 0 Å².